The van der Waals surface area contributed by atoms with E-state index in [0.717, 1.165) is 29.1 Å². The maximum Gasteiger partial charge on any atom is 0.233 e. The summed E-state index contributed by atoms with van der Waals surface area (Å²) in [5.41, 5.74) is 2.68. The number of nitrogens with zero attached hydrogens (tertiary/aromatic N) is 2. The molecule has 1 aliphatic rings. The smallest absolute Gasteiger partial charge is 0.233 e. The molecule has 0 radical (unpaired) electrons. The number of thiophene rings is 1. The lowest BCUT2D eigenvalue weighted by atomic mass is 9.96. The highest BCUT2D eigenvalue weighted by molar-refractivity contribution is 8.00. The van der Waals surface area contributed by atoms with Crippen molar-refractivity contribution in [2.75, 3.05) is 6.54 Å². The molecule has 3 aromatic rings. The summed E-state index contributed by atoms with van der Waals surface area (Å²) in [5.74, 6) is 0.409. The van der Waals surface area contributed by atoms with Crippen molar-refractivity contribution >= 4 is 39.2 Å². The molecular weight excluding hydrogens is 386 g/mol. The third-order valence-corrected chi connectivity index (χ3v) is 7.71. The van der Waals surface area contributed by atoms with E-state index in [1.54, 1.807) is 29.4 Å². The Kier molecular flexibility index (Phi) is 5.97. The van der Waals surface area contributed by atoms with Gasteiger partial charge in [-0.05, 0) is 43.7 Å². The Hall–Kier alpha value is -1.92. The van der Waals surface area contributed by atoms with Gasteiger partial charge >= 0.3 is 0 Å². The monoisotopic (exact) mass is 411 g/mol. The summed E-state index contributed by atoms with van der Waals surface area (Å²) >= 11 is 3.34. The lowest BCUT2D eigenvalue weighted by Gasteiger charge is -2.18. The SMILES string of the molecule is CC[C@H](CNC(=O)[C@@H](C)Sc1ncnc2sc3c(c12)CCC3)c1ccccc1. The fraction of sp³-hybridized carbons (Fsp3) is 0.409. The van der Waals surface area contributed by atoms with Crippen LogP contribution in [-0.2, 0) is 17.6 Å². The van der Waals surface area contributed by atoms with Gasteiger partial charge in [0.1, 0.15) is 16.2 Å². The summed E-state index contributed by atoms with van der Waals surface area (Å²) in [7, 11) is 0. The van der Waals surface area contributed by atoms with Crippen LogP contribution in [0.25, 0.3) is 10.2 Å². The van der Waals surface area contributed by atoms with Gasteiger partial charge in [-0.3, -0.25) is 4.79 Å². The predicted molar refractivity (Wildman–Crippen MR) is 117 cm³/mol. The molecule has 0 saturated heterocycles. The molecule has 1 aromatic carbocycles. The van der Waals surface area contributed by atoms with Crippen LogP contribution in [-0.4, -0.2) is 27.7 Å². The van der Waals surface area contributed by atoms with Gasteiger partial charge in [0.15, 0.2) is 0 Å². The van der Waals surface area contributed by atoms with Gasteiger partial charge in [0, 0.05) is 22.7 Å². The number of rotatable bonds is 7. The lowest BCUT2D eigenvalue weighted by molar-refractivity contribution is -0.120. The van der Waals surface area contributed by atoms with Crippen molar-refractivity contribution in [2.45, 2.75) is 55.7 Å². The molecule has 4 nitrogen and oxygen atoms in total. The van der Waals surface area contributed by atoms with Gasteiger partial charge in [0.2, 0.25) is 5.91 Å². The molecule has 2 aromatic heterocycles. The van der Waals surface area contributed by atoms with E-state index in [9.17, 15) is 4.79 Å². The molecule has 1 amide bonds. The first-order valence-electron chi connectivity index (χ1n) is 9.92. The molecule has 1 N–H and O–H groups in total. The zero-order chi connectivity index (χ0) is 19.5. The number of hydrogen-bond acceptors (Lipinski definition) is 5. The van der Waals surface area contributed by atoms with Crippen molar-refractivity contribution in [3.05, 3.63) is 52.7 Å². The van der Waals surface area contributed by atoms with Crippen molar-refractivity contribution in [1.29, 1.82) is 0 Å². The molecule has 28 heavy (non-hydrogen) atoms. The largest absolute Gasteiger partial charge is 0.355 e. The van der Waals surface area contributed by atoms with Gasteiger partial charge in [-0.15, -0.1) is 11.3 Å². The Morgan fingerprint density at radius 1 is 1.25 bits per heavy atom. The van der Waals surface area contributed by atoms with Gasteiger partial charge < -0.3 is 5.32 Å². The molecule has 0 bridgehead atoms. The van der Waals surface area contributed by atoms with Gasteiger partial charge in [-0.2, -0.15) is 0 Å². The highest BCUT2D eigenvalue weighted by Gasteiger charge is 2.24. The summed E-state index contributed by atoms with van der Waals surface area (Å²) in [6.45, 7) is 4.79. The lowest BCUT2D eigenvalue weighted by Crippen LogP contribution is -2.34. The summed E-state index contributed by atoms with van der Waals surface area (Å²) < 4.78 is 0. The van der Waals surface area contributed by atoms with Crippen molar-refractivity contribution in [3.63, 3.8) is 0 Å². The Morgan fingerprint density at radius 2 is 2.07 bits per heavy atom. The minimum Gasteiger partial charge on any atom is -0.355 e. The number of hydrogen-bond donors (Lipinski definition) is 1. The van der Waals surface area contributed by atoms with Crippen molar-refractivity contribution < 1.29 is 4.79 Å². The van der Waals surface area contributed by atoms with Crippen LogP contribution in [0.1, 0.15) is 48.6 Å². The van der Waals surface area contributed by atoms with Crippen LogP contribution in [0.2, 0.25) is 0 Å². The Balaban J connectivity index is 1.43. The molecule has 2 atom stereocenters. The second kappa shape index (κ2) is 8.62. The first-order valence-corrected chi connectivity index (χ1v) is 11.6. The summed E-state index contributed by atoms with van der Waals surface area (Å²) in [5, 5.41) is 5.08. The quantitative estimate of drug-likeness (QED) is 0.440. The van der Waals surface area contributed by atoms with Gasteiger partial charge in [-0.1, -0.05) is 49.0 Å². The second-order valence-corrected chi connectivity index (χ2v) is 9.65. The zero-order valence-electron chi connectivity index (χ0n) is 16.3. The summed E-state index contributed by atoms with van der Waals surface area (Å²) in [4.78, 5) is 24.2. The van der Waals surface area contributed by atoms with E-state index in [2.05, 4.69) is 46.5 Å². The van der Waals surface area contributed by atoms with Gasteiger partial charge in [0.05, 0.1) is 5.25 Å². The van der Waals surface area contributed by atoms with Crippen LogP contribution in [0, 0.1) is 0 Å². The minimum atomic E-state index is -0.191. The summed E-state index contributed by atoms with van der Waals surface area (Å²) in [6, 6.07) is 10.4. The molecule has 6 heteroatoms. The van der Waals surface area contributed by atoms with Crippen molar-refractivity contribution in [1.82, 2.24) is 15.3 Å². The fourth-order valence-electron chi connectivity index (χ4n) is 3.80. The Morgan fingerprint density at radius 3 is 2.86 bits per heavy atom. The molecule has 0 saturated carbocycles. The Labute approximate surface area is 174 Å². The minimum absolute atomic E-state index is 0.0676. The van der Waals surface area contributed by atoms with Crippen LogP contribution in [0.5, 0.6) is 0 Å². The van der Waals surface area contributed by atoms with Crippen LogP contribution in [0.15, 0.2) is 41.7 Å². The highest BCUT2D eigenvalue weighted by Crippen LogP contribution is 2.40. The number of carbonyl (C=O) groups is 1. The number of nitrogens with one attached hydrogen (secondary N) is 1. The van der Waals surface area contributed by atoms with E-state index < -0.39 is 0 Å². The number of fused-ring (bicyclic) bond motifs is 3. The molecule has 0 fully saturated rings. The normalized spacial score (nSPS) is 15.4. The average Bonchev–Trinajstić information content (AvgIpc) is 3.30. The molecule has 146 valence electrons. The van der Waals surface area contributed by atoms with E-state index >= 15 is 0 Å². The van der Waals surface area contributed by atoms with Crippen molar-refractivity contribution in [3.8, 4) is 0 Å². The zero-order valence-corrected chi connectivity index (χ0v) is 17.9. The maximum absolute atomic E-state index is 12.7. The topological polar surface area (TPSA) is 54.9 Å². The van der Waals surface area contributed by atoms with Crippen molar-refractivity contribution in [2.24, 2.45) is 0 Å². The predicted octanol–water partition coefficient (Wildman–Crippen LogP) is 4.97. The van der Waals surface area contributed by atoms with E-state index in [-0.39, 0.29) is 11.2 Å². The molecule has 0 unspecified atom stereocenters. The van der Waals surface area contributed by atoms with E-state index in [0.29, 0.717) is 12.5 Å². The number of aromatic nitrogens is 2. The third kappa shape index (κ3) is 3.94. The molecule has 1 aliphatic carbocycles. The fourth-order valence-corrected chi connectivity index (χ4v) is 6.07. The average molecular weight is 412 g/mol. The van der Waals surface area contributed by atoms with Gasteiger partial charge in [-0.25, -0.2) is 9.97 Å². The number of carbonyl (C=O) groups excluding carboxylic acids is 1. The second-order valence-electron chi connectivity index (χ2n) is 7.24. The molecule has 4 rings (SSSR count). The number of benzene rings is 1. The van der Waals surface area contributed by atoms with E-state index in [4.69, 9.17) is 0 Å². The Bertz CT molecular complexity index is 971. The van der Waals surface area contributed by atoms with Crippen LogP contribution in [0.4, 0.5) is 0 Å². The standard InChI is InChI=1S/C22H25N3OS2/c1-3-15(16-8-5-4-6-9-16)12-23-20(26)14(2)27-21-19-17-10-7-11-18(17)28-22(19)25-13-24-21/h4-6,8-9,13-15H,3,7,10-12H2,1-2H3,(H,23,26)/t14-,15-/m1/s1. The van der Waals surface area contributed by atoms with Crippen LogP contribution in [0.3, 0.4) is 0 Å². The molecule has 2 heterocycles. The molecule has 0 spiro atoms. The van der Waals surface area contributed by atoms with E-state index in [1.807, 2.05) is 13.0 Å². The summed E-state index contributed by atoms with van der Waals surface area (Å²) in [6.07, 6.45) is 6.09. The third-order valence-electron chi connectivity index (χ3n) is 5.41. The highest BCUT2D eigenvalue weighted by atomic mass is 32.2. The van der Waals surface area contributed by atoms with E-state index in [1.165, 1.54) is 27.8 Å². The number of aryl methyl sites for hydroxylation is 2. The number of thioether (sulfide) groups is 1. The number of amides is 1. The van der Waals surface area contributed by atoms with Crippen LogP contribution < -0.4 is 5.32 Å². The van der Waals surface area contributed by atoms with Gasteiger partial charge in [0.25, 0.3) is 0 Å². The molecule has 0 aliphatic heterocycles. The first-order chi connectivity index (χ1) is 13.7. The first kappa shape index (κ1) is 19.4. The van der Waals surface area contributed by atoms with Crippen LogP contribution >= 0.6 is 23.1 Å². The maximum atomic E-state index is 12.7. The molecular formula is C22H25N3OS2.